The highest BCUT2D eigenvalue weighted by atomic mass is 79.9. The Hall–Kier alpha value is -1.76. The first-order chi connectivity index (χ1) is 12.3. The molecule has 1 spiro atoms. The maximum absolute atomic E-state index is 12.6. The van der Waals surface area contributed by atoms with Crippen LogP contribution >= 0.6 is 15.9 Å². The fourth-order valence-electron chi connectivity index (χ4n) is 4.30. The van der Waals surface area contributed by atoms with Crippen LogP contribution in [0.15, 0.2) is 47.2 Å². The van der Waals surface area contributed by atoms with Gasteiger partial charge >= 0.3 is 6.36 Å². The lowest BCUT2D eigenvalue weighted by Gasteiger charge is -2.60. The molecule has 1 aromatic carbocycles. The minimum Gasteiger partial charge on any atom is -0.404 e. The Labute approximate surface area is 158 Å². The molecule has 26 heavy (non-hydrogen) atoms. The Kier molecular flexibility index (Phi) is 4.37. The number of alkyl halides is 3. The lowest BCUT2D eigenvalue weighted by Crippen LogP contribution is -2.62. The molecule has 1 aromatic heterocycles. The van der Waals surface area contributed by atoms with Crippen molar-refractivity contribution in [1.29, 1.82) is 0 Å². The summed E-state index contributed by atoms with van der Waals surface area (Å²) in [4.78, 5) is 6.13. The molecule has 4 rings (SSSR count). The highest BCUT2D eigenvalue weighted by Crippen LogP contribution is 2.55. The molecule has 3 nitrogen and oxygen atoms in total. The first-order valence-electron chi connectivity index (χ1n) is 8.51. The molecule has 0 bridgehead atoms. The number of hydrogen-bond acceptors (Lipinski definition) is 3. The zero-order chi connectivity index (χ0) is 18.4. The molecule has 1 saturated carbocycles. The van der Waals surface area contributed by atoms with Crippen molar-refractivity contribution in [1.82, 2.24) is 4.98 Å². The molecular weight excluding hydrogens is 409 g/mol. The normalized spacial score (nSPS) is 19.2. The maximum Gasteiger partial charge on any atom is 0.573 e. The lowest BCUT2D eigenvalue weighted by molar-refractivity contribution is -0.274. The molecule has 0 unspecified atom stereocenters. The molecule has 2 fully saturated rings. The topological polar surface area (TPSA) is 25.4 Å². The van der Waals surface area contributed by atoms with E-state index in [9.17, 15) is 13.2 Å². The minimum atomic E-state index is -4.68. The van der Waals surface area contributed by atoms with Crippen molar-refractivity contribution in [3.63, 3.8) is 0 Å². The SMILES string of the molecule is FC(F)(F)Oc1ccc(Br)cc1N1CC2(CC(Cc3cccnc3)C2)C1. The van der Waals surface area contributed by atoms with Gasteiger partial charge in [0.15, 0.2) is 5.75 Å². The molecule has 0 amide bonds. The summed E-state index contributed by atoms with van der Waals surface area (Å²) in [7, 11) is 0. The number of nitrogens with zero attached hydrogens (tertiary/aromatic N) is 2. The summed E-state index contributed by atoms with van der Waals surface area (Å²) in [5, 5.41) is 0. The second-order valence-corrected chi connectivity index (χ2v) is 8.27. The van der Waals surface area contributed by atoms with Crippen molar-refractivity contribution in [2.75, 3.05) is 18.0 Å². The molecule has 2 aromatic rings. The van der Waals surface area contributed by atoms with Gasteiger partial charge in [0.05, 0.1) is 5.69 Å². The third kappa shape index (κ3) is 3.68. The maximum atomic E-state index is 12.6. The third-order valence-corrected chi connectivity index (χ3v) is 5.72. The fraction of sp³-hybridized carbons (Fsp3) is 0.421. The molecule has 0 N–H and O–H groups in total. The van der Waals surface area contributed by atoms with E-state index >= 15 is 0 Å². The second-order valence-electron chi connectivity index (χ2n) is 7.36. The van der Waals surface area contributed by atoms with Crippen LogP contribution in [0.5, 0.6) is 5.75 Å². The summed E-state index contributed by atoms with van der Waals surface area (Å²) >= 11 is 3.33. The Bertz CT molecular complexity index is 783. The van der Waals surface area contributed by atoms with Crippen molar-refractivity contribution in [2.45, 2.75) is 25.6 Å². The van der Waals surface area contributed by atoms with Crippen LogP contribution in [-0.2, 0) is 6.42 Å². The number of rotatable bonds is 4. The molecule has 0 radical (unpaired) electrons. The molecule has 2 aliphatic rings. The smallest absolute Gasteiger partial charge is 0.404 e. The van der Waals surface area contributed by atoms with Crippen molar-refractivity contribution in [3.8, 4) is 5.75 Å². The van der Waals surface area contributed by atoms with E-state index in [1.165, 1.54) is 11.6 Å². The van der Waals surface area contributed by atoms with E-state index in [-0.39, 0.29) is 11.2 Å². The summed E-state index contributed by atoms with van der Waals surface area (Å²) < 4.78 is 42.8. The zero-order valence-corrected chi connectivity index (χ0v) is 15.6. The van der Waals surface area contributed by atoms with Gasteiger partial charge in [-0.2, -0.15) is 0 Å². The van der Waals surface area contributed by atoms with Crippen LogP contribution in [0.25, 0.3) is 0 Å². The van der Waals surface area contributed by atoms with Crippen molar-refractivity contribution >= 4 is 21.6 Å². The van der Waals surface area contributed by atoms with E-state index < -0.39 is 6.36 Å². The number of pyridine rings is 1. The first kappa shape index (κ1) is 17.6. The van der Waals surface area contributed by atoms with E-state index in [1.807, 2.05) is 17.2 Å². The van der Waals surface area contributed by atoms with Gasteiger partial charge in [0.25, 0.3) is 0 Å². The van der Waals surface area contributed by atoms with Crippen LogP contribution in [0.3, 0.4) is 0 Å². The molecule has 1 aliphatic heterocycles. The number of anilines is 1. The highest BCUT2D eigenvalue weighted by Gasteiger charge is 2.52. The van der Waals surface area contributed by atoms with Gasteiger partial charge in [0.1, 0.15) is 0 Å². The average molecular weight is 427 g/mol. The average Bonchev–Trinajstić information content (AvgIpc) is 2.50. The molecule has 1 aliphatic carbocycles. The van der Waals surface area contributed by atoms with Gasteiger partial charge in [-0.05, 0) is 55.0 Å². The molecule has 7 heteroatoms. The predicted molar refractivity (Wildman–Crippen MR) is 96.1 cm³/mol. The van der Waals surface area contributed by atoms with Crippen LogP contribution in [-0.4, -0.2) is 24.4 Å². The van der Waals surface area contributed by atoms with E-state index in [2.05, 4.69) is 31.7 Å². The molecule has 1 saturated heterocycles. The summed E-state index contributed by atoms with van der Waals surface area (Å²) in [5.74, 6) is 0.497. The molecular formula is C19H18BrF3N2O. The monoisotopic (exact) mass is 426 g/mol. The lowest BCUT2D eigenvalue weighted by atomic mass is 9.56. The van der Waals surface area contributed by atoms with Crippen LogP contribution < -0.4 is 9.64 Å². The fourth-order valence-corrected chi connectivity index (χ4v) is 4.65. The Balaban J connectivity index is 1.38. The zero-order valence-electron chi connectivity index (χ0n) is 14.0. The quantitative estimate of drug-likeness (QED) is 0.671. The summed E-state index contributed by atoms with van der Waals surface area (Å²) in [5.41, 5.74) is 1.99. The number of hydrogen-bond donors (Lipinski definition) is 0. The van der Waals surface area contributed by atoms with Crippen molar-refractivity contribution < 1.29 is 17.9 Å². The first-order valence-corrected chi connectivity index (χ1v) is 9.30. The molecule has 0 atom stereocenters. The largest absolute Gasteiger partial charge is 0.573 e. The van der Waals surface area contributed by atoms with Crippen LogP contribution in [0.4, 0.5) is 18.9 Å². The highest BCUT2D eigenvalue weighted by molar-refractivity contribution is 9.10. The van der Waals surface area contributed by atoms with E-state index in [4.69, 9.17) is 0 Å². The number of benzene rings is 1. The van der Waals surface area contributed by atoms with Crippen molar-refractivity contribution in [2.24, 2.45) is 11.3 Å². The summed E-state index contributed by atoms with van der Waals surface area (Å²) in [6.45, 7) is 1.56. The van der Waals surface area contributed by atoms with E-state index in [1.54, 1.807) is 18.3 Å². The number of halogens is 4. The Morgan fingerprint density at radius 1 is 1.23 bits per heavy atom. The van der Waals surface area contributed by atoms with Crippen molar-refractivity contribution in [3.05, 3.63) is 52.8 Å². The van der Waals surface area contributed by atoms with Crippen LogP contribution in [0.2, 0.25) is 0 Å². The van der Waals surface area contributed by atoms with Gasteiger partial charge in [-0.25, -0.2) is 0 Å². The van der Waals surface area contributed by atoms with Gasteiger partial charge in [0.2, 0.25) is 0 Å². The second kappa shape index (κ2) is 6.44. The van der Waals surface area contributed by atoms with Crippen LogP contribution in [0, 0.1) is 11.3 Å². The summed E-state index contributed by atoms with van der Waals surface area (Å²) in [6, 6.07) is 8.66. The van der Waals surface area contributed by atoms with E-state index in [0.717, 1.165) is 36.8 Å². The minimum absolute atomic E-state index is 0.137. The summed E-state index contributed by atoms with van der Waals surface area (Å²) in [6.07, 6.45) is 2.24. The number of aromatic nitrogens is 1. The van der Waals surface area contributed by atoms with Gasteiger partial charge in [0, 0.05) is 35.4 Å². The van der Waals surface area contributed by atoms with Gasteiger partial charge < -0.3 is 9.64 Å². The van der Waals surface area contributed by atoms with E-state index in [0.29, 0.717) is 11.6 Å². The Morgan fingerprint density at radius 2 is 2.00 bits per heavy atom. The Morgan fingerprint density at radius 3 is 2.65 bits per heavy atom. The van der Waals surface area contributed by atoms with Gasteiger partial charge in [-0.15, -0.1) is 13.2 Å². The van der Waals surface area contributed by atoms with Crippen LogP contribution in [0.1, 0.15) is 18.4 Å². The number of ether oxygens (including phenoxy) is 1. The third-order valence-electron chi connectivity index (χ3n) is 5.23. The van der Waals surface area contributed by atoms with Gasteiger partial charge in [-0.1, -0.05) is 22.0 Å². The molecule has 2 heterocycles. The van der Waals surface area contributed by atoms with Gasteiger partial charge in [-0.3, -0.25) is 4.98 Å². The molecule has 138 valence electrons. The standard InChI is InChI=1S/C19H18BrF3N2O/c20-15-3-4-17(26-19(21,22)23)16(7-15)25-11-18(12-25)8-14(9-18)6-13-2-1-5-24-10-13/h1-5,7,10,14H,6,8-9,11-12H2. The predicted octanol–water partition coefficient (Wildman–Crippen LogP) is 5.20.